The van der Waals surface area contributed by atoms with Crippen molar-refractivity contribution in [3.63, 3.8) is 0 Å². The fraction of sp³-hybridized carbons (Fsp3) is 0.0800. The van der Waals surface area contributed by atoms with Gasteiger partial charge >= 0.3 is 0 Å². The summed E-state index contributed by atoms with van der Waals surface area (Å²) in [6.45, 7) is 6.12. The van der Waals surface area contributed by atoms with E-state index in [0.29, 0.717) is 0 Å². The molecule has 0 unspecified atom stereocenters. The highest BCUT2D eigenvalue weighted by atomic mass is 14.5. The SMILES string of the molecule is C/C=C\C=C(\C)c1ccc(-c2c3ccccc3c(-c3ccc(C/C=C\C=C(\C)N)cc3)c3cc(-c4ccc(-c5ccccc5)cc4)ccc23)cc1. The van der Waals surface area contributed by atoms with E-state index in [4.69, 9.17) is 5.73 Å². The van der Waals surface area contributed by atoms with Gasteiger partial charge < -0.3 is 5.73 Å². The van der Waals surface area contributed by atoms with Crippen LogP contribution in [0.3, 0.4) is 0 Å². The summed E-state index contributed by atoms with van der Waals surface area (Å²) in [6.07, 6.45) is 13.3. The number of benzene rings is 7. The average molecular weight is 658 g/mol. The van der Waals surface area contributed by atoms with Crippen molar-refractivity contribution in [2.75, 3.05) is 0 Å². The lowest BCUT2D eigenvalue weighted by molar-refractivity contribution is 1.26. The Hall–Kier alpha value is -6.18. The van der Waals surface area contributed by atoms with Crippen LogP contribution in [0.2, 0.25) is 0 Å². The van der Waals surface area contributed by atoms with Crippen molar-refractivity contribution < 1.29 is 0 Å². The zero-order chi connectivity index (χ0) is 35.2. The minimum absolute atomic E-state index is 0.808. The van der Waals surface area contributed by atoms with Gasteiger partial charge in [-0.05, 0) is 122 Å². The predicted molar refractivity (Wildman–Crippen MR) is 222 cm³/mol. The minimum Gasteiger partial charge on any atom is -0.402 e. The number of hydrogen-bond acceptors (Lipinski definition) is 1. The lowest BCUT2D eigenvalue weighted by atomic mass is 9.84. The Kier molecular flexibility index (Phi) is 9.90. The molecule has 7 aromatic rings. The van der Waals surface area contributed by atoms with Crippen LogP contribution in [0.4, 0.5) is 0 Å². The van der Waals surface area contributed by atoms with Gasteiger partial charge in [0.05, 0.1) is 0 Å². The molecule has 0 aliphatic carbocycles. The van der Waals surface area contributed by atoms with Gasteiger partial charge in [-0.15, -0.1) is 0 Å². The first kappa shape index (κ1) is 33.3. The first-order chi connectivity index (χ1) is 25.0. The molecule has 0 bridgehead atoms. The maximum Gasteiger partial charge on any atom is 0.00487 e. The van der Waals surface area contributed by atoms with Gasteiger partial charge in [0.2, 0.25) is 0 Å². The predicted octanol–water partition coefficient (Wildman–Crippen LogP) is 13.6. The fourth-order valence-electron chi connectivity index (χ4n) is 6.93. The molecule has 1 nitrogen and oxygen atoms in total. The van der Waals surface area contributed by atoms with Crippen molar-refractivity contribution in [1.29, 1.82) is 0 Å². The number of hydrogen-bond donors (Lipinski definition) is 1. The van der Waals surface area contributed by atoms with Crippen molar-refractivity contribution in [3.05, 3.63) is 199 Å². The van der Waals surface area contributed by atoms with E-state index < -0.39 is 0 Å². The summed E-state index contributed by atoms with van der Waals surface area (Å²) in [6, 6.07) is 53.6. The third kappa shape index (κ3) is 7.25. The molecule has 0 aliphatic heterocycles. The molecule has 0 atom stereocenters. The molecule has 0 spiro atoms. The molecule has 0 aliphatic rings. The van der Waals surface area contributed by atoms with Crippen molar-refractivity contribution in [2.24, 2.45) is 5.73 Å². The second kappa shape index (κ2) is 15.2. The normalized spacial score (nSPS) is 12.5. The molecule has 7 rings (SSSR count). The molecule has 0 saturated carbocycles. The van der Waals surface area contributed by atoms with E-state index in [-0.39, 0.29) is 0 Å². The summed E-state index contributed by atoms with van der Waals surface area (Å²) in [5.41, 5.74) is 20.2. The lowest BCUT2D eigenvalue weighted by Crippen LogP contribution is -1.92. The Morgan fingerprint density at radius 2 is 1.00 bits per heavy atom. The molecule has 0 radical (unpaired) electrons. The van der Waals surface area contributed by atoms with Crippen LogP contribution in [0.5, 0.6) is 0 Å². The maximum absolute atomic E-state index is 5.81. The van der Waals surface area contributed by atoms with Crippen molar-refractivity contribution in [1.82, 2.24) is 0 Å². The molecule has 0 fully saturated rings. The van der Waals surface area contributed by atoms with E-state index in [2.05, 4.69) is 177 Å². The second-order valence-corrected chi connectivity index (χ2v) is 13.2. The molecule has 7 aromatic carbocycles. The number of rotatable bonds is 9. The van der Waals surface area contributed by atoms with Crippen LogP contribution in [-0.4, -0.2) is 0 Å². The molecule has 1 heteroatoms. The van der Waals surface area contributed by atoms with E-state index in [1.54, 1.807) is 0 Å². The maximum atomic E-state index is 5.81. The Labute approximate surface area is 302 Å². The standard InChI is InChI=1S/C50H43N/c1-4-5-13-35(2)38-24-30-43(31-25-38)49-45-18-11-12-19-46(45)50(42-22-20-37(21-23-42)15-10-9-14-36(3)51)48-34-44(32-33-47(48)49)41-28-26-40(27-29-41)39-16-7-6-8-17-39/h4-14,16-34H,15,51H2,1-3H3/b5-4-,10-9-,35-13-,36-14-. The molecule has 0 saturated heterocycles. The Morgan fingerprint density at radius 1 is 0.490 bits per heavy atom. The highest BCUT2D eigenvalue weighted by Crippen LogP contribution is 2.45. The summed E-state index contributed by atoms with van der Waals surface area (Å²) in [5, 5.41) is 5.00. The van der Waals surface area contributed by atoms with Crippen molar-refractivity contribution >= 4 is 27.1 Å². The van der Waals surface area contributed by atoms with Gasteiger partial charge in [0.1, 0.15) is 0 Å². The van der Waals surface area contributed by atoms with Crippen LogP contribution in [0.15, 0.2) is 188 Å². The van der Waals surface area contributed by atoms with Gasteiger partial charge in [-0.3, -0.25) is 0 Å². The van der Waals surface area contributed by atoms with E-state index in [0.717, 1.165) is 12.1 Å². The van der Waals surface area contributed by atoms with Crippen LogP contribution in [0.25, 0.3) is 71.6 Å². The average Bonchev–Trinajstić information content (AvgIpc) is 3.18. The molecule has 51 heavy (non-hydrogen) atoms. The molecular weight excluding hydrogens is 615 g/mol. The van der Waals surface area contributed by atoms with Gasteiger partial charge in [0.25, 0.3) is 0 Å². The smallest absolute Gasteiger partial charge is 0.00487 e. The molecular formula is C50H43N. The van der Waals surface area contributed by atoms with Gasteiger partial charge in [-0.1, -0.05) is 170 Å². The Morgan fingerprint density at radius 3 is 1.63 bits per heavy atom. The van der Waals surface area contributed by atoms with Crippen LogP contribution in [0, 0.1) is 0 Å². The number of allylic oxidation sites excluding steroid dienone is 8. The molecule has 248 valence electrons. The highest BCUT2D eigenvalue weighted by Gasteiger charge is 2.18. The van der Waals surface area contributed by atoms with Gasteiger partial charge in [-0.2, -0.15) is 0 Å². The second-order valence-electron chi connectivity index (χ2n) is 13.2. The molecule has 0 heterocycles. The molecule has 2 N–H and O–H groups in total. The van der Waals surface area contributed by atoms with Gasteiger partial charge in [0, 0.05) is 5.70 Å². The monoisotopic (exact) mass is 657 g/mol. The first-order valence-electron chi connectivity index (χ1n) is 17.7. The van der Waals surface area contributed by atoms with Crippen LogP contribution >= 0.6 is 0 Å². The molecule has 0 aromatic heterocycles. The lowest BCUT2D eigenvalue weighted by Gasteiger charge is -2.19. The van der Waals surface area contributed by atoms with Crippen molar-refractivity contribution in [3.8, 4) is 44.5 Å². The summed E-state index contributed by atoms with van der Waals surface area (Å²) in [4.78, 5) is 0. The van der Waals surface area contributed by atoms with E-state index in [1.807, 2.05) is 26.0 Å². The van der Waals surface area contributed by atoms with Crippen LogP contribution < -0.4 is 5.73 Å². The molecule has 0 amide bonds. The zero-order valence-corrected chi connectivity index (χ0v) is 29.6. The third-order valence-corrected chi connectivity index (χ3v) is 9.61. The summed E-state index contributed by atoms with van der Waals surface area (Å²) < 4.78 is 0. The fourth-order valence-corrected chi connectivity index (χ4v) is 6.93. The Bertz CT molecular complexity index is 2420. The van der Waals surface area contributed by atoms with Crippen molar-refractivity contribution in [2.45, 2.75) is 27.2 Å². The largest absolute Gasteiger partial charge is 0.402 e. The Balaban J connectivity index is 1.40. The van der Waals surface area contributed by atoms with Crippen LogP contribution in [-0.2, 0) is 6.42 Å². The van der Waals surface area contributed by atoms with E-state index in [1.165, 1.54) is 82.8 Å². The topological polar surface area (TPSA) is 26.0 Å². The quantitative estimate of drug-likeness (QED) is 0.121. The first-order valence-corrected chi connectivity index (χ1v) is 17.7. The summed E-state index contributed by atoms with van der Waals surface area (Å²) in [7, 11) is 0. The number of nitrogens with two attached hydrogens (primary N) is 1. The summed E-state index contributed by atoms with van der Waals surface area (Å²) in [5.74, 6) is 0. The van der Waals surface area contributed by atoms with Crippen LogP contribution in [0.1, 0.15) is 31.9 Å². The number of fused-ring (bicyclic) bond motifs is 2. The third-order valence-electron chi connectivity index (χ3n) is 9.61. The van der Waals surface area contributed by atoms with E-state index >= 15 is 0 Å². The van der Waals surface area contributed by atoms with E-state index in [9.17, 15) is 0 Å². The highest BCUT2D eigenvalue weighted by molar-refractivity contribution is 6.22. The van der Waals surface area contributed by atoms with Gasteiger partial charge in [-0.25, -0.2) is 0 Å². The van der Waals surface area contributed by atoms with Gasteiger partial charge in [0.15, 0.2) is 0 Å². The zero-order valence-electron chi connectivity index (χ0n) is 29.6. The minimum atomic E-state index is 0.808. The summed E-state index contributed by atoms with van der Waals surface area (Å²) >= 11 is 0.